The molecule has 0 aliphatic carbocycles. The molecule has 0 atom stereocenters. The molecule has 0 saturated carbocycles. The fourth-order valence-corrected chi connectivity index (χ4v) is 2.55. The summed E-state index contributed by atoms with van der Waals surface area (Å²) in [6, 6.07) is 10.2. The summed E-state index contributed by atoms with van der Waals surface area (Å²) in [6.45, 7) is 4.06. The van der Waals surface area contributed by atoms with Crippen molar-refractivity contribution in [3.63, 3.8) is 0 Å². The van der Waals surface area contributed by atoms with Gasteiger partial charge in [0, 0.05) is 39.1 Å². The van der Waals surface area contributed by atoms with Crippen LogP contribution < -0.4 is 0 Å². The monoisotopic (exact) mass is 316 g/mol. The second-order valence-corrected chi connectivity index (χ2v) is 5.57. The number of piperazine rings is 1. The minimum atomic E-state index is -0.331. The summed E-state index contributed by atoms with van der Waals surface area (Å²) in [5, 5.41) is 0. The van der Waals surface area contributed by atoms with Crippen LogP contribution in [0.2, 0.25) is 0 Å². The highest BCUT2D eigenvalue weighted by atomic mass is 16.5. The summed E-state index contributed by atoms with van der Waals surface area (Å²) in [7, 11) is 1.34. The first kappa shape index (κ1) is 17.2. The molecule has 0 radical (unpaired) electrons. The van der Waals surface area contributed by atoms with Crippen molar-refractivity contribution in [3.8, 4) is 0 Å². The Bertz CT molecular complexity index is 534. The smallest absolute Gasteiger partial charge is 0.306 e. The fourth-order valence-electron chi connectivity index (χ4n) is 2.55. The van der Waals surface area contributed by atoms with E-state index in [1.54, 1.807) is 0 Å². The first-order valence-electron chi connectivity index (χ1n) is 7.97. The Morgan fingerprint density at radius 1 is 1.09 bits per heavy atom. The van der Waals surface area contributed by atoms with Gasteiger partial charge in [0.05, 0.1) is 13.5 Å². The quantitative estimate of drug-likeness (QED) is 0.751. The molecule has 0 aromatic heterocycles. The van der Waals surface area contributed by atoms with E-state index < -0.39 is 0 Å². The van der Waals surface area contributed by atoms with Gasteiger partial charge in [0.1, 0.15) is 0 Å². The SMILES string of the molecule is COC(=O)CCC(=O)N1CCN(CC=Cc2ccccc2)CC1. The normalized spacial score (nSPS) is 15.8. The van der Waals surface area contributed by atoms with Crippen LogP contribution in [0.4, 0.5) is 0 Å². The van der Waals surface area contributed by atoms with Crippen molar-refractivity contribution in [2.45, 2.75) is 12.8 Å². The van der Waals surface area contributed by atoms with Crippen molar-refractivity contribution in [2.75, 3.05) is 39.8 Å². The Hall–Kier alpha value is -2.14. The van der Waals surface area contributed by atoms with E-state index in [-0.39, 0.29) is 24.7 Å². The van der Waals surface area contributed by atoms with E-state index in [1.165, 1.54) is 12.7 Å². The van der Waals surface area contributed by atoms with Gasteiger partial charge in [-0.2, -0.15) is 0 Å². The molecule has 0 bridgehead atoms. The molecule has 1 heterocycles. The fraction of sp³-hybridized carbons (Fsp3) is 0.444. The van der Waals surface area contributed by atoms with E-state index in [0.29, 0.717) is 0 Å². The van der Waals surface area contributed by atoms with Crippen molar-refractivity contribution >= 4 is 18.0 Å². The molecule has 1 amide bonds. The number of hydrogen-bond donors (Lipinski definition) is 0. The van der Waals surface area contributed by atoms with Crippen LogP contribution in [-0.2, 0) is 14.3 Å². The lowest BCUT2D eigenvalue weighted by Gasteiger charge is -2.34. The number of esters is 1. The lowest BCUT2D eigenvalue weighted by molar-refractivity contribution is -0.144. The third-order valence-corrected chi connectivity index (χ3v) is 3.97. The molecule has 5 nitrogen and oxygen atoms in total. The zero-order valence-corrected chi connectivity index (χ0v) is 13.6. The Balaban J connectivity index is 1.68. The van der Waals surface area contributed by atoms with E-state index in [9.17, 15) is 9.59 Å². The molecule has 1 aliphatic rings. The molecule has 0 N–H and O–H groups in total. The van der Waals surface area contributed by atoms with E-state index in [2.05, 4.69) is 33.9 Å². The zero-order valence-electron chi connectivity index (χ0n) is 13.6. The summed E-state index contributed by atoms with van der Waals surface area (Å²) in [5.74, 6) is -0.294. The summed E-state index contributed by atoms with van der Waals surface area (Å²) in [6.07, 6.45) is 4.67. The number of benzene rings is 1. The van der Waals surface area contributed by atoms with Gasteiger partial charge >= 0.3 is 5.97 Å². The molecule has 1 aliphatic heterocycles. The minimum absolute atomic E-state index is 0.0369. The predicted molar refractivity (Wildman–Crippen MR) is 89.7 cm³/mol. The van der Waals surface area contributed by atoms with Gasteiger partial charge in [-0.3, -0.25) is 14.5 Å². The van der Waals surface area contributed by atoms with Crippen molar-refractivity contribution < 1.29 is 14.3 Å². The van der Waals surface area contributed by atoms with Crippen LogP contribution in [0, 0.1) is 0 Å². The van der Waals surface area contributed by atoms with Crippen LogP contribution in [0.1, 0.15) is 18.4 Å². The number of rotatable bonds is 6. The number of nitrogens with zero attached hydrogens (tertiary/aromatic N) is 2. The Kier molecular flexibility index (Phi) is 6.81. The van der Waals surface area contributed by atoms with Gasteiger partial charge in [0.2, 0.25) is 5.91 Å². The number of hydrogen-bond acceptors (Lipinski definition) is 4. The molecular formula is C18H24N2O3. The average molecular weight is 316 g/mol. The maximum absolute atomic E-state index is 12.0. The second kappa shape index (κ2) is 9.10. The maximum atomic E-state index is 12.0. The van der Waals surface area contributed by atoms with Gasteiger partial charge < -0.3 is 9.64 Å². The van der Waals surface area contributed by atoms with E-state index in [4.69, 9.17) is 0 Å². The lowest BCUT2D eigenvalue weighted by atomic mass is 10.2. The third-order valence-electron chi connectivity index (χ3n) is 3.97. The maximum Gasteiger partial charge on any atom is 0.306 e. The predicted octanol–water partition coefficient (Wildman–Crippen LogP) is 1.80. The highest BCUT2D eigenvalue weighted by Gasteiger charge is 2.20. The van der Waals surface area contributed by atoms with Crippen LogP contribution in [-0.4, -0.2) is 61.5 Å². The van der Waals surface area contributed by atoms with Crippen LogP contribution >= 0.6 is 0 Å². The molecule has 1 fully saturated rings. The first-order valence-corrected chi connectivity index (χ1v) is 7.97. The van der Waals surface area contributed by atoms with Crippen molar-refractivity contribution in [3.05, 3.63) is 42.0 Å². The van der Waals surface area contributed by atoms with Crippen LogP contribution in [0.3, 0.4) is 0 Å². The largest absolute Gasteiger partial charge is 0.469 e. The minimum Gasteiger partial charge on any atom is -0.469 e. The van der Waals surface area contributed by atoms with Crippen LogP contribution in [0.25, 0.3) is 6.08 Å². The van der Waals surface area contributed by atoms with Crippen molar-refractivity contribution in [2.24, 2.45) is 0 Å². The number of amides is 1. The van der Waals surface area contributed by atoms with Crippen LogP contribution in [0.15, 0.2) is 36.4 Å². The Morgan fingerprint density at radius 3 is 2.43 bits per heavy atom. The molecule has 5 heteroatoms. The topological polar surface area (TPSA) is 49.9 Å². The van der Waals surface area contributed by atoms with Crippen molar-refractivity contribution in [1.82, 2.24) is 9.80 Å². The summed E-state index contributed by atoms with van der Waals surface area (Å²) in [4.78, 5) is 27.2. The molecule has 2 rings (SSSR count). The molecule has 23 heavy (non-hydrogen) atoms. The average Bonchev–Trinajstić information content (AvgIpc) is 2.61. The van der Waals surface area contributed by atoms with Gasteiger partial charge in [0.15, 0.2) is 0 Å². The van der Waals surface area contributed by atoms with E-state index >= 15 is 0 Å². The first-order chi connectivity index (χ1) is 11.2. The molecule has 0 spiro atoms. The van der Waals surface area contributed by atoms with Crippen LogP contribution in [0.5, 0.6) is 0 Å². The van der Waals surface area contributed by atoms with E-state index in [1.807, 2.05) is 23.1 Å². The third kappa shape index (κ3) is 5.87. The van der Waals surface area contributed by atoms with Crippen molar-refractivity contribution in [1.29, 1.82) is 0 Å². The summed E-state index contributed by atoms with van der Waals surface area (Å²) in [5.41, 5.74) is 1.20. The van der Waals surface area contributed by atoms with Gasteiger partial charge in [-0.15, -0.1) is 0 Å². The summed E-state index contributed by atoms with van der Waals surface area (Å²) < 4.78 is 4.56. The number of ether oxygens (including phenoxy) is 1. The molecule has 1 aromatic carbocycles. The molecule has 1 saturated heterocycles. The summed E-state index contributed by atoms with van der Waals surface area (Å²) >= 11 is 0. The van der Waals surface area contributed by atoms with E-state index in [0.717, 1.165) is 32.7 Å². The Morgan fingerprint density at radius 2 is 1.78 bits per heavy atom. The second-order valence-electron chi connectivity index (χ2n) is 5.57. The molecule has 1 aromatic rings. The lowest BCUT2D eigenvalue weighted by Crippen LogP contribution is -2.48. The van der Waals surface area contributed by atoms with Gasteiger partial charge in [-0.1, -0.05) is 42.5 Å². The highest BCUT2D eigenvalue weighted by molar-refractivity contribution is 5.81. The number of carbonyl (C=O) groups excluding carboxylic acids is 2. The molecular weight excluding hydrogens is 292 g/mol. The number of carbonyl (C=O) groups is 2. The van der Waals surface area contributed by atoms with Gasteiger partial charge in [-0.25, -0.2) is 0 Å². The number of methoxy groups -OCH3 is 1. The highest BCUT2D eigenvalue weighted by Crippen LogP contribution is 2.07. The van der Waals surface area contributed by atoms with Gasteiger partial charge in [-0.05, 0) is 5.56 Å². The molecule has 124 valence electrons. The molecule has 0 unspecified atom stereocenters. The standard InChI is InChI=1S/C18H24N2O3/c1-23-18(22)10-9-17(21)20-14-12-19(13-15-20)11-5-8-16-6-3-2-4-7-16/h2-8H,9-15H2,1H3. The van der Waals surface area contributed by atoms with Gasteiger partial charge in [0.25, 0.3) is 0 Å². The Labute approximate surface area is 137 Å². The zero-order chi connectivity index (χ0) is 16.5.